The first-order valence-corrected chi connectivity index (χ1v) is 4.89. The lowest BCUT2D eigenvalue weighted by molar-refractivity contribution is 0.145. The Kier molecular flexibility index (Phi) is 6.24. The molecule has 1 unspecified atom stereocenters. The summed E-state index contributed by atoms with van der Waals surface area (Å²) in [4.78, 5) is 0. The van der Waals surface area contributed by atoms with Crippen LogP contribution >= 0.6 is 0 Å². The van der Waals surface area contributed by atoms with Crippen molar-refractivity contribution in [3.8, 4) is 0 Å². The van der Waals surface area contributed by atoms with E-state index in [1.54, 1.807) is 10.9 Å². The third-order valence-corrected chi connectivity index (χ3v) is 1.63. The highest BCUT2D eigenvalue weighted by molar-refractivity contribution is 4.99. The standard InChI is InChI=1S/C8H14N2O.C2H6/c1-3-8(11)6-10-5-7(2)4-9-10;1-2/h4-5,8,11H,3,6H2,1-2H3;1-2H3. The van der Waals surface area contributed by atoms with Crippen LogP contribution < -0.4 is 0 Å². The average Bonchev–Trinajstić information content (AvgIpc) is 2.54. The van der Waals surface area contributed by atoms with Crippen LogP contribution in [0.25, 0.3) is 0 Å². The Morgan fingerprint density at radius 3 is 2.54 bits per heavy atom. The summed E-state index contributed by atoms with van der Waals surface area (Å²) in [6, 6.07) is 0. The van der Waals surface area contributed by atoms with Crippen molar-refractivity contribution in [1.29, 1.82) is 0 Å². The Hall–Kier alpha value is -0.830. The molecule has 0 bridgehead atoms. The number of rotatable bonds is 3. The summed E-state index contributed by atoms with van der Waals surface area (Å²) in [6.07, 6.45) is 4.23. The molecule has 0 aromatic carbocycles. The summed E-state index contributed by atoms with van der Waals surface area (Å²) in [7, 11) is 0. The fraction of sp³-hybridized carbons (Fsp3) is 0.700. The van der Waals surface area contributed by atoms with Crippen LogP contribution in [0.3, 0.4) is 0 Å². The second-order valence-corrected chi connectivity index (χ2v) is 2.80. The number of aromatic nitrogens is 2. The van der Waals surface area contributed by atoms with E-state index in [4.69, 9.17) is 0 Å². The van der Waals surface area contributed by atoms with Gasteiger partial charge in [0, 0.05) is 6.20 Å². The van der Waals surface area contributed by atoms with Gasteiger partial charge in [-0.15, -0.1) is 0 Å². The van der Waals surface area contributed by atoms with Gasteiger partial charge < -0.3 is 5.11 Å². The summed E-state index contributed by atoms with van der Waals surface area (Å²) >= 11 is 0. The molecule has 0 saturated heterocycles. The van der Waals surface area contributed by atoms with Crippen molar-refractivity contribution in [3.05, 3.63) is 18.0 Å². The minimum Gasteiger partial charge on any atom is -0.391 e. The molecule has 0 radical (unpaired) electrons. The normalized spacial score (nSPS) is 11.8. The highest BCUT2D eigenvalue weighted by atomic mass is 16.3. The van der Waals surface area contributed by atoms with Crippen LogP contribution in [-0.4, -0.2) is 21.0 Å². The summed E-state index contributed by atoms with van der Waals surface area (Å²) < 4.78 is 1.77. The van der Waals surface area contributed by atoms with Gasteiger partial charge in [0.1, 0.15) is 0 Å². The van der Waals surface area contributed by atoms with Crippen LogP contribution in [0.15, 0.2) is 12.4 Å². The summed E-state index contributed by atoms with van der Waals surface area (Å²) in [5, 5.41) is 13.3. The Balaban J connectivity index is 0.000000671. The van der Waals surface area contributed by atoms with Gasteiger partial charge in [0.25, 0.3) is 0 Å². The molecule has 1 N–H and O–H groups in total. The van der Waals surface area contributed by atoms with E-state index in [2.05, 4.69) is 5.10 Å². The van der Waals surface area contributed by atoms with Crippen molar-refractivity contribution in [3.63, 3.8) is 0 Å². The highest BCUT2D eigenvalue weighted by Gasteiger charge is 2.01. The zero-order valence-electron chi connectivity index (χ0n) is 8.99. The smallest absolute Gasteiger partial charge is 0.0733 e. The average molecular weight is 184 g/mol. The molecule has 0 aliphatic heterocycles. The number of hydrogen-bond donors (Lipinski definition) is 1. The lowest BCUT2D eigenvalue weighted by Gasteiger charge is -2.06. The summed E-state index contributed by atoms with van der Waals surface area (Å²) in [6.45, 7) is 8.55. The maximum atomic E-state index is 9.26. The SMILES string of the molecule is CC.CCC(O)Cn1cc(C)cn1. The van der Waals surface area contributed by atoms with Gasteiger partial charge in [-0.05, 0) is 18.9 Å². The molecule has 1 atom stereocenters. The fourth-order valence-electron chi connectivity index (χ4n) is 0.912. The third kappa shape index (κ3) is 4.68. The third-order valence-electron chi connectivity index (χ3n) is 1.63. The summed E-state index contributed by atoms with van der Waals surface area (Å²) in [5.74, 6) is 0. The quantitative estimate of drug-likeness (QED) is 0.780. The molecule has 0 aliphatic carbocycles. The van der Waals surface area contributed by atoms with Crippen LogP contribution in [-0.2, 0) is 6.54 Å². The van der Waals surface area contributed by atoms with E-state index < -0.39 is 0 Å². The van der Waals surface area contributed by atoms with E-state index >= 15 is 0 Å². The first kappa shape index (κ1) is 12.2. The largest absolute Gasteiger partial charge is 0.391 e. The molecular formula is C10H20N2O. The number of aliphatic hydroxyl groups excluding tert-OH is 1. The minimum atomic E-state index is -0.269. The predicted octanol–water partition coefficient (Wildman–Crippen LogP) is 1.99. The molecule has 0 fully saturated rings. The monoisotopic (exact) mass is 184 g/mol. The topological polar surface area (TPSA) is 38.0 Å². The first-order valence-electron chi connectivity index (χ1n) is 4.89. The molecule has 0 amide bonds. The molecule has 1 aromatic heterocycles. The van der Waals surface area contributed by atoms with Crippen molar-refractivity contribution in [2.45, 2.75) is 46.8 Å². The van der Waals surface area contributed by atoms with E-state index in [1.807, 2.05) is 33.9 Å². The van der Waals surface area contributed by atoms with Crippen LogP contribution in [0.5, 0.6) is 0 Å². The molecule has 1 rings (SSSR count). The van der Waals surface area contributed by atoms with Crippen LogP contribution in [0.1, 0.15) is 32.8 Å². The molecular weight excluding hydrogens is 164 g/mol. The molecule has 0 spiro atoms. The Morgan fingerprint density at radius 1 is 1.54 bits per heavy atom. The molecule has 0 saturated carbocycles. The van der Waals surface area contributed by atoms with Crippen molar-refractivity contribution < 1.29 is 5.11 Å². The second-order valence-electron chi connectivity index (χ2n) is 2.80. The van der Waals surface area contributed by atoms with Gasteiger partial charge in [-0.3, -0.25) is 4.68 Å². The van der Waals surface area contributed by atoms with Gasteiger partial charge in [-0.2, -0.15) is 5.10 Å². The first-order chi connectivity index (χ1) is 6.22. The van der Waals surface area contributed by atoms with Crippen LogP contribution in [0.4, 0.5) is 0 Å². The van der Waals surface area contributed by atoms with Crippen LogP contribution in [0, 0.1) is 6.92 Å². The predicted molar refractivity (Wildman–Crippen MR) is 54.6 cm³/mol. The highest BCUT2D eigenvalue weighted by Crippen LogP contribution is 1.98. The lowest BCUT2D eigenvalue weighted by Crippen LogP contribution is -2.14. The Bertz CT molecular complexity index is 220. The number of hydrogen-bond acceptors (Lipinski definition) is 2. The second kappa shape index (κ2) is 6.66. The van der Waals surface area contributed by atoms with E-state index in [0.29, 0.717) is 6.54 Å². The molecule has 13 heavy (non-hydrogen) atoms. The van der Waals surface area contributed by atoms with Gasteiger partial charge in [0.15, 0.2) is 0 Å². The zero-order chi connectivity index (χ0) is 10.3. The van der Waals surface area contributed by atoms with Crippen LogP contribution in [0.2, 0.25) is 0 Å². The number of aryl methyl sites for hydroxylation is 1. The van der Waals surface area contributed by atoms with Crippen molar-refractivity contribution in [2.75, 3.05) is 0 Å². The maximum absolute atomic E-state index is 9.26. The Labute approximate surface area is 80.4 Å². The summed E-state index contributed by atoms with van der Waals surface area (Å²) in [5.41, 5.74) is 1.13. The zero-order valence-corrected chi connectivity index (χ0v) is 8.99. The van der Waals surface area contributed by atoms with E-state index in [1.165, 1.54) is 0 Å². The van der Waals surface area contributed by atoms with Crippen molar-refractivity contribution >= 4 is 0 Å². The maximum Gasteiger partial charge on any atom is 0.0733 e. The van der Waals surface area contributed by atoms with Crippen molar-refractivity contribution in [2.24, 2.45) is 0 Å². The van der Waals surface area contributed by atoms with Gasteiger partial charge in [-0.25, -0.2) is 0 Å². The number of aliphatic hydroxyl groups is 1. The molecule has 1 aromatic rings. The fourth-order valence-corrected chi connectivity index (χ4v) is 0.912. The van der Waals surface area contributed by atoms with Crippen molar-refractivity contribution in [1.82, 2.24) is 9.78 Å². The lowest BCUT2D eigenvalue weighted by atomic mass is 10.3. The van der Waals surface area contributed by atoms with E-state index in [0.717, 1.165) is 12.0 Å². The Morgan fingerprint density at radius 2 is 2.15 bits per heavy atom. The van der Waals surface area contributed by atoms with Gasteiger partial charge >= 0.3 is 0 Å². The van der Waals surface area contributed by atoms with E-state index in [9.17, 15) is 5.11 Å². The van der Waals surface area contributed by atoms with Gasteiger partial charge in [0.05, 0.1) is 18.8 Å². The number of nitrogens with zero attached hydrogens (tertiary/aromatic N) is 2. The molecule has 3 nitrogen and oxygen atoms in total. The molecule has 3 heteroatoms. The minimum absolute atomic E-state index is 0.269. The molecule has 1 heterocycles. The van der Waals surface area contributed by atoms with E-state index in [-0.39, 0.29) is 6.10 Å². The van der Waals surface area contributed by atoms with Gasteiger partial charge in [0.2, 0.25) is 0 Å². The molecule has 76 valence electrons. The molecule has 0 aliphatic rings. The van der Waals surface area contributed by atoms with Gasteiger partial charge in [-0.1, -0.05) is 20.8 Å².